The Kier molecular flexibility index (Phi) is 3.88. The first-order valence-electron chi connectivity index (χ1n) is 4.17. The van der Waals surface area contributed by atoms with Crippen LogP contribution in [0.5, 0.6) is 0 Å². The molecule has 0 saturated carbocycles. The Balaban J connectivity index is 2.70. The molecule has 0 spiro atoms. The monoisotopic (exact) mass is 223 g/mol. The first-order chi connectivity index (χ1) is 7.09. The molecule has 0 aliphatic heterocycles. The van der Waals surface area contributed by atoms with E-state index in [4.69, 9.17) is 22.7 Å². The molecule has 15 heavy (non-hydrogen) atoms. The number of nitrogens with one attached hydrogen (secondary N) is 2. The van der Waals surface area contributed by atoms with E-state index in [0.717, 1.165) is 5.56 Å². The summed E-state index contributed by atoms with van der Waals surface area (Å²) in [7, 11) is 0. The van der Waals surface area contributed by atoms with E-state index >= 15 is 0 Å². The van der Waals surface area contributed by atoms with Crippen molar-refractivity contribution >= 4 is 29.5 Å². The minimum Gasteiger partial charge on any atom is -0.370 e. The lowest BCUT2D eigenvalue weighted by Crippen LogP contribution is -2.34. The number of halogens is 1. The fraction of sp³-hybridized carbons (Fsp3) is 0. The third-order valence-corrected chi connectivity index (χ3v) is 1.92. The molecule has 0 fully saturated rings. The summed E-state index contributed by atoms with van der Waals surface area (Å²) < 4.78 is 0. The molecule has 4 nitrogen and oxygen atoms in total. The minimum atomic E-state index is -0.456. The number of carbonyl (C=O) groups excluding carboxylic acids is 1. The largest absolute Gasteiger partial charge is 0.370 e. The van der Waals surface area contributed by atoms with Gasteiger partial charge in [0.05, 0.1) is 0 Å². The van der Waals surface area contributed by atoms with Gasteiger partial charge in [-0.05, 0) is 17.7 Å². The second-order valence-electron chi connectivity index (χ2n) is 2.76. The van der Waals surface area contributed by atoms with E-state index in [1.54, 1.807) is 24.3 Å². The van der Waals surface area contributed by atoms with Crippen LogP contribution in [0.3, 0.4) is 0 Å². The number of rotatable bonds is 2. The van der Waals surface area contributed by atoms with Crippen molar-refractivity contribution in [1.29, 1.82) is 5.41 Å². The Labute approximate surface area is 92.2 Å². The summed E-state index contributed by atoms with van der Waals surface area (Å²) >= 11 is 5.86. The Bertz CT molecular complexity index is 415. The minimum absolute atomic E-state index is 0.385. The van der Waals surface area contributed by atoms with Crippen LogP contribution in [-0.2, 0) is 4.79 Å². The lowest BCUT2D eigenvalue weighted by Gasteiger charge is -1.98. The number of guanidine groups is 1. The van der Waals surface area contributed by atoms with Crippen LogP contribution in [0.25, 0.3) is 6.08 Å². The summed E-state index contributed by atoms with van der Waals surface area (Å²) in [6, 6.07) is 7.12. The molecule has 1 aromatic carbocycles. The van der Waals surface area contributed by atoms with Gasteiger partial charge in [0.25, 0.3) is 5.91 Å². The van der Waals surface area contributed by atoms with Gasteiger partial charge in [-0.25, -0.2) is 0 Å². The number of hydrogen-bond acceptors (Lipinski definition) is 2. The van der Waals surface area contributed by atoms with Gasteiger partial charge in [-0.1, -0.05) is 29.8 Å². The molecule has 0 unspecified atom stereocenters. The van der Waals surface area contributed by atoms with Crippen molar-refractivity contribution in [1.82, 2.24) is 5.32 Å². The van der Waals surface area contributed by atoms with Crippen LogP contribution in [-0.4, -0.2) is 11.9 Å². The first-order valence-corrected chi connectivity index (χ1v) is 4.55. The summed E-state index contributed by atoms with van der Waals surface area (Å²) in [5.74, 6) is -0.841. The van der Waals surface area contributed by atoms with E-state index in [9.17, 15) is 4.79 Å². The molecule has 0 aliphatic carbocycles. The smallest absolute Gasteiger partial charge is 0.250 e. The van der Waals surface area contributed by atoms with Gasteiger partial charge in [-0.2, -0.15) is 0 Å². The highest BCUT2D eigenvalue weighted by Crippen LogP contribution is 2.15. The van der Waals surface area contributed by atoms with Crippen LogP contribution < -0.4 is 11.1 Å². The maximum atomic E-state index is 11.1. The molecule has 78 valence electrons. The number of benzene rings is 1. The van der Waals surface area contributed by atoms with Gasteiger partial charge >= 0.3 is 0 Å². The predicted octanol–water partition coefficient (Wildman–Crippen LogP) is 1.36. The Morgan fingerprint density at radius 1 is 1.47 bits per heavy atom. The van der Waals surface area contributed by atoms with Gasteiger partial charge in [-0.15, -0.1) is 0 Å². The molecule has 0 heterocycles. The van der Waals surface area contributed by atoms with E-state index < -0.39 is 5.91 Å². The van der Waals surface area contributed by atoms with Crippen molar-refractivity contribution in [3.8, 4) is 0 Å². The Morgan fingerprint density at radius 3 is 2.73 bits per heavy atom. The topological polar surface area (TPSA) is 79.0 Å². The zero-order chi connectivity index (χ0) is 11.3. The molecular formula is C10H10ClN3O. The van der Waals surface area contributed by atoms with E-state index in [1.807, 2.05) is 6.07 Å². The highest BCUT2D eigenvalue weighted by molar-refractivity contribution is 6.32. The number of nitrogens with two attached hydrogens (primary N) is 1. The molecular weight excluding hydrogens is 214 g/mol. The van der Waals surface area contributed by atoms with Crippen LogP contribution in [0, 0.1) is 5.41 Å². The third-order valence-electron chi connectivity index (χ3n) is 1.58. The van der Waals surface area contributed by atoms with Crippen LogP contribution >= 0.6 is 11.6 Å². The Hall–Kier alpha value is -1.81. The second kappa shape index (κ2) is 5.17. The maximum absolute atomic E-state index is 11.1. The number of hydrogen-bond donors (Lipinski definition) is 3. The molecule has 0 bridgehead atoms. The maximum Gasteiger partial charge on any atom is 0.250 e. The SMILES string of the molecule is N=C(N)NC(=O)C=Cc1ccccc1Cl. The normalized spacial score (nSPS) is 10.2. The average molecular weight is 224 g/mol. The van der Waals surface area contributed by atoms with E-state index in [1.165, 1.54) is 6.08 Å². The van der Waals surface area contributed by atoms with Crippen LogP contribution in [0.15, 0.2) is 30.3 Å². The van der Waals surface area contributed by atoms with E-state index in [-0.39, 0.29) is 5.96 Å². The summed E-state index contributed by atoms with van der Waals surface area (Å²) in [6.45, 7) is 0. The lowest BCUT2D eigenvalue weighted by atomic mass is 10.2. The third kappa shape index (κ3) is 3.83. The molecule has 1 amide bonds. The molecule has 0 radical (unpaired) electrons. The zero-order valence-corrected chi connectivity index (χ0v) is 8.58. The summed E-state index contributed by atoms with van der Waals surface area (Å²) in [5, 5.41) is 9.52. The van der Waals surface area contributed by atoms with Crippen molar-refractivity contribution in [2.45, 2.75) is 0 Å². The van der Waals surface area contributed by atoms with E-state index in [0.29, 0.717) is 5.02 Å². The average Bonchev–Trinajstić information content (AvgIpc) is 2.15. The number of amides is 1. The molecule has 0 aliphatic rings. The van der Waals surface area contributed by atoms with Gasteiger partial charge in [-0.3, -0.25) is 15.5 Å². The summed E-state index contributed by atoms with van der Waals surface area (Å²) in [4.78, 5) is 11.1. The zero-order valence-electron chi connectivity index (χ0n) is 7.83. The Morgan fingerprint density at radius 2 is 2.13 bits per heavy atom. The summed E-state index contributed by atoms with van der Waals surface area (Å²) in [6.07, 6.45) is 2.82. The standard InChI is InChI=1S/C10H10ClN3O/c11-8-4-2-1-3-7(8)5-6-9(15)14-10(12)13/h1-6H,(H4,12,13,14,15). The van der Waals surface area contributed by atoms with Crippen molar-refractivity contribution in [2.24, 2.45) is 5.73 Å². The second-order valence-corrected chi connectivity index (χ2v) is 3.16. The van der Waals surface area contributed by atoms with Crippen LogP contribution in [0.2, 0.25) is 5.02 Å². The predicted molar refractivity (Wildman–Crippen MR) is 60.5 cm³/mol. The van der Waals surface area contributed by atoms with Crippen molar-refractivity contribution in [3.05, 3.63) is 40.9 Å². The molecule has 0 aromatic heterocycles. The lowest BCUT2D eigenvalue weighted by molar-refractivity contribution is -0.115. The van der Waals surface area contributed by atoms with Gasteiger partial charge in [0, 0.05) is 11.1 Å². The summed E-state index contributed by atoms with van der Waals surface area (Å²) in [5.41, 5.74) is 5.72. The quantitative estimate of drug-likeness (QED) is 0.402. The molecule has 5 heteroatoms. The molecule has 1 rings (SSSR count). The van der Waals surface area contributed by atoms with Gasteiger partial charge in [0.1, 0.15) is 0 Å². The van der Waals surface area contributed by atoms with Crippen LogP contribution in [0.4, 0.5) is 0 Å². The fourth-order valence-corrected chi connectivity index (χ4v) is 1.15. The molecule has 0 saturated heterocycles. The van der Waals surface area contributed by atoms with Gasteiger partial charge in [0.15, 0.2) is 5.96 Å². The highest BCUT2D eigenvalue weighted by atomic mass is 35.5. The highest BCUT2D eigenvalue weighted by Gasteiger charge is 1.97. The van der Waals surface area contributed by atoms with Crippen LogP contribution in [0.1, 0.15) is 5.56 Å². The fourth-order valence-electron chi connectivity index (χ4n) is 0.950. The van der Waals surface area contributed by atoms with E-state index in [2.05, 4.69) is 5.32 Å². The van der Waals surface area contributed by atoms with Gasteiger partial charge < -0.3 is 5.73 Å². The molecule has 1 aromatic rings. The van der Waals surface area contributed by atoms with Crippen molar-refractivity contribution in [2.75, 3.05) is 0 Å². The van der Waals surface area contributed by atoms with Gasteiger partial charge in [0.2, 0.25) is 0 Å². The number of carbonyl (C=O) groups is 1. The molecule has 4 N–H and O–H groups in total. The van der Waals surface area contributed by atoms with Crippen molar-refractivity contribution < 1.29 is 4.79 Å². The molecule has 0 atom stereocenters. The van der Waals surface area contributed by atoms with Crippen molar-refractivity contribution in [3.63, 3.8) is 0 Å². The first kappa shape index (κ1) is 11.3.